The van der Waals surface area contributed by atoms with Crippen LogP contribution in [0.25, 0.3) is 0 Å². The van der Waals surface area contributed by atoms with E-state index < -0.39 is 0 Å². The van der Waals surface area contributed by atoms with Crippen LogP contribution < -0.4 is 0 Å². The minimum absolute atomic E-state index is 0.0509. The van der Waals surface area contributed by atoms with Gasteiger partial charge in [0.25, 0.3) is 0 Å². The van der Waals surface area contributed by atoms with Crippen LogP contribution in [0, 0.1) is 10.8 Å². The standard InChI is InChI=1S/C6H7N3/c1-4-2-3-9-6(8)5(4)7/h2-3,7-8H,1H3. The third-order valence-corrected chi connectivity index (χ3v) is 1.16. The summed E-state index contributed by atoms with van der Waals surface area (Å²) in [6.07, 6.45) is 3.26. The first-order valence-corrected chi connectivity index (χ1v) is 2.60. The molecule has 46 valence electrons. The molecule has 0 aromatic rings. The summed E-state index contributed by atoms with van der Waals surface area (Å²) in [6, 6.07) is 0. The largest absolute Gasteiger partial charge is 0.297 e. The number of aliphatic imine (C=N–C) groups is 1. The van der Waals surface area contributed by atoms with Crippen molar-refractivity contribution in [3.63, 3.8) is 0 Å². The Morgan fingerprint density at radius 2 is 2.11 bits per heavy atom. The van der Waals surface area contributed by atoms with Crippen molar-refractivity contribution >= 4 is 17.8 Å². The Bertz CT molecular complexity index is 222. The highest BCUT2D eigenvalue weighted by atomic mass is 14.8. The molecule has 0 radical (unpaired) electrons. The Balaban J connectivity index is 3.00. The number of amidine groups is 1. The number of hydrogen-bond donors (Lipinski definition) is 2. The maximum atomic E-state index is 7.19. The normalized spacial score (nSPS) is 18.1. The van der Waals surface area contributed by atoms with E-state index in [2.05, 4.69) is 4.99 Å². The first-order valence-electron chi connectivity index (χ1n) is 2.60. The fourth-order valence-electron chi connectivity index (χ4n) is 0.558. The molecule has 1 heterocycles. The van der Waals surface area contributed by atoms with E-state index in [1.165, 1.54) is 6.21 Å². The number of nitrogens with one attached hydrogen (secondary N) is 2. The van der Waals surface area contributed by atoms with Gasteiger partial charge in [0.15, 0.2) is 5.84 Å². The average Bonchev–Trinajstić information content (AvgIpc) is 1.83. The van der Waals surface area contributed by atoms with Gasteiger partial charge in [-0.2, -0.15) is 0 Å². The smallest absolute Gasteiger partial charge is 0.170 e. The van der Waals surface area contributed by atoms with E-state index in [9.17, 15) is 0 Å². The lowest BCUT2D eigenvalue weighted by molar-refractivity contribution is 1.40. The molecule has 2 N–H and O–H groups in total. The first kappa shape index (κ1) is 5.88. The summed E-state index contributed by atoms with van der Waals surface area (Å²) in [7, 11) is 0. The van der Waals surface area contributed by atoms with Gasteiger partial charge in [-0.1, -0.05) is 0 Å². The topological polar surface area (TPSA) is 60.1 Å². The zero-order valence-corrected chi connectivity index (χ0v) is 5.10. The molecule has 0 aromatic carbocycles. The Labute approximate surface area is 53.1 Å². The third-order valence-electron chi connectivity index (χ3n) is 1.16. The fourth-order valence-corrected chi connectivity index (χ4v) is 0.558. The van der Waals surface area contributed by atoms with Gasteiger partial charge in [0.1, 0.15) is 5.71 Å². The van der Waals surface area contributed by atoms with Crippen molar-refractivity contribution in [2.75, 3.05) is 0 Å². The Hall–Kier alpha value is -1.25. The van der Waals surface area contributed by atoms with E-state index in [4.69, 9.17) is 10.8 Å². The molecule has 1 rings (SSSR count). The highest BCUT2D eigenvalue weighted by Crippen LogP contribution is 2.00. The summed E-state index contributed by atoms with van der Waals surface area (Å²) in [5.74, 6) is 0.0509. The van der Waals surface area contributed by atoms with Crippen LogP contribution in [-0.4, -0.2) is 17.8 Å². The molecule has 9 heavy (non-hydrogen) atoms. The van der Waals surface area contributed by atoms with Crippen molar-refractivity contribution in [3.8, 4) is 0 Å². The average molecular weight is 121 g/mol. The molecule has 1 aliphatic heterocycles. The van der Waals surface area contributed by atoms with Crippen LogP contribution in [0.3, 0.4) is 0 Å². The predicted molar refractivity (Wildman–Crippen MR) is 37.7 cm³/mol. The molecule has 3 nitrogen and oxygen atoms in total. The molecule has 0 bridgehead atoms. The van der Waals surface area contributed by atoms with Crippen LogP contribution in [0.1, 0.15) is 6.92 Å². The van der Waals surface area contributed by atoms with E-state index in [-0.39, 0.29) is 11.5 Å². The van der Waals surface area contributed by atoms with Crippen LogP contribution in [0.4, 0.5) is 0 Å². The Kier molecular flexibility index (Phi) is 1.26. The monoisotopic (exact) mass is 121 g/mol. The van der Waals surface area contributed by atoms with Gasteiger partial charge in [-0.25, -0.2) is 4.99 Å². The molecule has 0 aliphatic carbocycles. The van der Waals surface area contributed by atoms with E-state index in [0.717, 1.165) is 5.57 Å². The van der Waals surface area contributed by atoms with Gasteiger partial charge < -0.3 is 0 Å². The van der Waals surface area contributed by atoms with Crippen molar-refractivity contribution in [1.29, 1.82) is 10.8 Å². The van der Waals surface area contributed by atoms with Gasteiger partial charge in [0.05, 0.1) is 0 Å². The summed E-state index contributed by atoms with van der Waals surface area (Å²) in [6.45, 7) is 1.79. The molecular formula is C6H7N3. The summed E-state index contributed by atoms with van der Waals surface area (Å²) in [4.78, 5) is 3.62. The molecule has 0 atom stereocenters. The minimum atomic E-state index is 0.0509. The second-order valence-corrected chi connectivity index (χ2v) is 1.85. The molecule has 0 fully saturated rings. The molecule has 0 spiro atoms. The van der Waals surface area contributed by atoms with Crippen LogP contribution in [-0.2, 0) is 0 Å². The van der Waals surface area contributed by atoms with Gasteiger partial charge in [0.2, 0.25) is 0 Å². The lowest BCUT2D eigenvalue weighted by Crippen LogP contribution is -2.13. The number of allylic oxidation sites excluding steroid dienone is 1. The lowest BCUT2D eigenvalue weighted by Gasteiger charge is -2.03. The highest BCUT2D eigenvalue weighted by Gasteiger charge is 2.06. The van der Waals surface area contributed by atoms with E-state index >= 15 is 0 Å². The minimum Gasteiger partial charge on any atom is -0.297 e. The fraction of sp³-hybridized carbons (Fsp3) is 0.167. The summed E-state index contributed by atoms with van der Waals surface area (Å²) >= 11 is 0. The van der Waals surface area contributed by atoms with E-state index in [0.29, 0.717) is 0 Å². The lowest BCUT2D eigenvalue weighted by atomic mass is 10.1. The SMILES string of the molecule is CC1=CC=NC(=N)C1=N. The van der Waals surface area contributed by atoms with Crippen molar-refractivity contribution in [1.82, 2.24) is 0 Å². The van der Waals surface area contributed by atoms with E-state index in [1.807, 2.05) is 0 Å². The number of hydrogen-bond acceptors (Lipinski definition) is 2. The summed E-state index contributed by atoms with van der Waals surface area (Å²) in [5.41, 5.74) is 1.02. The predicted octanol–water partition coefficient (Wildman–Crippen LogP) is 1.01. The zero-order chi connectivity index (χ0) is 6.85. The number of nitrogens with zero attached hydrogens (tertiary/aromatic N) is 1. The molecule has 0 amide bonds. The van der Waals surface area contributed by atoms with Crippen LogP contribution in [0.2, 0.25) is 0 Å². The van der Waals surface area contributed by atoms with Gasteiger partial charge in [0, 0.05) is 6.21 Å². The van der Waals surface area contributed by atoms with Crippen LogP contribution in [0.5, 0.6) is 0 Å². The third kappa shape index (κ3) is 0.937. The summed E-state index contributed by atoms with van der Waals surface area (Å²) < 4.78 is 0. The molecule has 0 aromatic heterocycles. The van der Waals surface area contributed by atoms with Crippen LogP contribution >= 0.6 is 0 Å². The second-order valence-electron chi connectivity index (χ2n) is 1.85. The van der Waals surface area contributed by atoms with Crippen molar-refractivity contribution < 1.29 is 0 Å². The zero-order valence-electron chi connectivity index (χ0n) is 5.10. The van der Waals surface area contributed by atoms with Crippen molar-refractivity contribution in [2.24, 2.45) is 4.99 Å². The first-order chi connectivity index (χ1) is 4.22. The van der Waals surface area contributed by atoms with Gasteiger partial charge >= 0.3 is 0 Å². The molecule has 0 saturated carbocycles. The van der Waals surface area contributed by atoms with Crippen molar-refractivity contribution in [3.05, 3.63) is 11.6 Å². The maximum Gasteiger partial charge on any atom is 0.170 e. The maximum absolute atomic E-state index is 7.19. The quantitative estimate of drug-likeness (QED) is 0.480. The summed E-state index contributed by atoms with van der Waals surface area (Å²) in [5, 5.41) is 14.3. The Morgan fingerprint density at radius 3 is 2.56 bits per heavy atom. The molecular weight excluding hydrogens is 114 g/mol. The molecule has 0 unspecified atom stereocenters. The molecule has 1 aliphatic rings. The molecule has 3 heteroatoms. The van der Waals surface area contributed by atoms with Crippen LogP contribution in [0.15, 0.2) is 16.6 Å². The van der Waals surface area contributed by atoms with Gasteiger partial charge in [-0.3, -0.25) is 10.8 Å². The number of dihydropyridines is 1. The van der Waals surface area contributed by atoms with Gasteiger partial charge in [-0.15, -0.1) is 0 Å². The van der Waals surface area contributed by atoms with Crippen molar-refractivity contribution in [2.45, 2.75) is 6.92 Å². The number of rotatable bonds is 0. The van der Waals surface area contributed by atoms with Gasteiger partial charge in [-0.05, 0) is 18.6 Å². The Morgan fingerprint density at radius 1 is 1.44 bits per heavy atom. The molecule has 0 saturated heterocycles. The highest BCUT2D eigenvalue weighted by molar-refractivity contribution is 6.47. The van der Waals surface area contributed by atoms with E-state index in [1.54, 1.807) is 13.0 Å². The second kappa shape index (κ2) is 1.93.